The molecule has 4 N–H and O–H groups in total. The molecule has 0 radical (unpaired) electrons. The zero-order valence-corrected chi connectivity index (χ0v) is 18.6. The predicted octanol–water partition coefficient (Wildman–Crippen LogP) is 3.08. The van der Waals surface area contributed by atoms with Crippen LogP contribution in [0.25, 0.3) is 10.8 Å². The molecule has 15 heteroatoms. The number of rotatable bonds is 6. The summed E-state index contributed by atoms with van der Waals surface area (Å²) in [5, 5.41) is 28.2. The van der Waals surface area contributed by atoms with Crippen molar-refractivity contribution >= 4 is 52.2 Å². The molecule has 0 fully saturated rings. The Labute approximate surface area is 187 Å². The van der Waals surface area contributed by atoms with E-state index in [2.05, 4.69) is 16.8 Å². The minimum absolute atomic E-state index is 0.0505. The van der Waals surface area contributed by atoms with Gasteiger partial charge >= 0.3 is 0 Å². The van der Waals surface area contributed by atoms with Crippen LogP contribution in [0.4, 0.5) is 11.4 Å². The van der Waals surface area contributed by atoms with E-state index in [1.54, 1.807) is 0 Å². The van der Waals surface area contributed by atoms with Gasteiger partial charge in [0.1, 0.15) is 22.0 Å². The Morgan fingerprint density at radius 3 is 2.00 bits per heavy atom. The lowest BCUT2D eigenvalue weighted by Gasteiger charge is -2.10. The molecule has 0 amide bonds. The van der Waals surface area contributed by atoms with Crippen molar-refractivity contribution in [1.29, 1.82) is 0 Å². The molecule has 0 spiro atoms. The van der Waals surface area contributed by atoms with Gasteiger partial charge in [-0.1, -0.05) is 12.6 Å². The van der Waals surface area contributed by atoms with E-state index in [9.17, 15) is 44.6 Å². The van der Waals surface area contributed by atoms with E-state index >= 15 is 0 Å². The van der Waals surface area contributed by atoms with Gasteiger partial charge in [0.15, 0.2) is 15.6 Å². The molecule has 0 bridgehead atoms. The lowest BCUT2D eigenvalue weighted by atomic mass is 10.1. The highest BCUT2D eigenvalue weighted by Crippen LogP contribution is 2.42. The zero-order chi connectivity index (χ0) is 24.8. The Bertz CT molecular complexity index is 1660. The van der Waals surface area contributed by atoms with Gasteiger partial charge < -0.3 is 10.2 Å². The quantitative estimate of drug-likeness (QED) is 0.279. The SMILES string of the molecule is C=CS(=O)(=O)c1ccc(O)c(N=Nc2c(O)c(S(=O)(=O)O)cc3cc(S(=O)(=O)O)ccc23)c1. The predicted molar refractivity (Wildman–Crippen MR) is 115 cm³/mol. The van der Waals surface area contributed by atoms with Crippen molar-refractivity contribution < 1.29 is 44.6 Å². The van der Waals surface area contributed by atoms with Crippen LogP contribution in [0.15, 0.2) is 79.4 Å². The molecule has 0 heterocycles. The second-order valence-corrected chi connectivity index (χ2v) is 11.2. The summed E-state index contributed by atoms with van der Waals surface area (Å²) in [5.74, 6) is -1.56. The fourth-order valence-electron chi connectivity index (χ4n) is 2.75. The molecule has 0 aliphatic heterocycles. The number of nitrogens with zero attached hydrogens (tertiary/aromatic N) is 2. The van der Waals surface area contributed by atoms with E-state index in [1.165, 1.54) is 0 Å². The van der Waals surface area contributed by atoms with E-state index in [-0.39, 0.29) is 21.4 Å². The molecule has 174 valence electrons. The molecule has 0 atom stereocenters. The topological polar surface area (TPSA) is 208 Å². The molecule has 0 aromatic heterocycles. The van der Waals surface area contributed by atoms with Gasteiger partial charge in [-0.05, 0) is 41.8 Å². The Kier molecular flexibility index (Phi) is 6.03. The van der Waals surface area contributed by atoms with E-state index in [4.69, 9.17) is 0 Å². The van der Waals surface area contributed by atoms with Crippen molar-refractivity contribution in [3.8, 4) is 11.5 Å². The van der Waals surface area contributed by atoms with E-state index in [0.29, 0.717) is 5.41 Å². The molecule has 0 saturated heterocycles. The van der Waals surface area contributed by atoms with Crippen molar-refractivity contribution in [2.45, 2.75) is 14.7 Å². The molecule has 0 saturated carbocycles. The highest BCUT2D eigenvalue weighted by atomic mass is 32.2. The van der Waals surface area contributed by atoms with Gasteiger partial charge in [-0.25, -0.2) is 8.42 Å². The van der Waals surface area contributed by atoms with Crippen LogP contribution in [0.1, 0.15) is 0 Å². The first-order chi connectivity index (χ1) is 15.1. The van der Waals surface area contributed by atoms with Crippen molar-refractivity contribution in [3.63, 3.8) is 0 Å². The summed E-state index contributed by atoms with van der Waals surface area (Å²) in [6, 6.07) is 6.67. The highest BCUT2D eigenvalue weighted by molar-refractivity contribution is 7.94. The number of fused-ring (bicyclic) bond motifs is 1. The molecule has 3 aromatic carbocycles. The molecule has 33 heavy (non-hydrogen) atoms. The summed E-state index contributed by atoms with van der Waals surface area (Å²) in [6.45, 7) is 3.18. The lowest BCUT2D eigenvalue weighted by Crippen LogP contribution is -2.00. The number of aromatic hydroxyl groups is 2. The summed E-state index contributed by atoms with van der Waals surface area (Å²) in [4.78, 5) is -1.93. The highest BCUT2D eigenvalue weighted by Gasteiger charge is 2.23. The summed E-state index contributed by atoms with van der Waals surface area (Å²) < 4.78 is 88.8. The van der Waals surface area contributed by atoms with Gasteiger partial charge in [0, 0.05) is 10.8 Å². The van der Waals surface area contributed by atoms with E-state index in [1.807, 2.05) is 0 Å². The standard InChI is InChI=1S/C18H14N2O10S3/c1-2-31(23,24)11-4-6-15(21)14(9-11)19-20-17-13-5-3-12(32(25,26)27)7-10(13)8-16(18(17)22)33(28,29)30/h2-9,21-22H,1H2,(H,25,26,27)(H,28,29,30). The number of sulfone groups is 1. The number of benzene rings is 3. The van der Waals surface area contributed by atoms with E-state index < -0.39 is 57.1 Å². The molecule has 3 rings (SSSR count). The van der Waals surface area contributed by atoms with Crippen LogP contribution in [0.2, 0.25) is 0 Å². The Hall–Kier alpha value is -3.37. The number of azo groups is 1. The summed E-state index contributed by atoms with van der Waals surface area (Å²) in [5.41, 5.74) is -0.935. The molecule has 12 nitrogen and oxygen atoms in total. The largest absolute Gasteiger partial charge is 0.506 e. The zero-order valence-electron chi connectivity index (χ0n) is 16.2. The third-order valence-corrected chi connectivity index (χ3v) is 7.42. The fourth-order valence-corrected chi connectivity index (χ4v) is 4.61. The van der Waals surface area contributed by atoms with E-state index in [0.717, 1.165) is 42.5 Å². The van der Waals surface area contributed by atoms with Gasteiger partial charge in [0.2, 0.25) is 0 Å². The molecule has 0 aliphatic carbocycles. The first-order valence-corrected chi connectivity index (χ1v) is 12.9. The molecule has 0 unspecified atom stereocenters. The molecular formula is C18H14N2O10S3. The number of phenols is 2. The second kappa shape index (κ2) is 8.20. The smallest absolute Gasteiger partial charge is 0.298 e. The number of phenolic OH excluding ortho intramolecular Hbond substituents is 2. The van der Waals surface area contributed by atoms with Crippen molar-refractivity contribution in [2.24, 2.45) is 10.2 Å². The van der Waals surface area contributed by atoms with Gasteiger partial charge in [-0.2, -0.15) is 16.8 Å². The number of hydrogen-bond donors (Lipinski definition) is 4. The molecule has 3 aromatic rings. The fraction of sp³-hybridized carbons (Fsp3) is 0. The van der Waals surface area contributed by atoms with Gasteiger partial charge in [0.05, 0.1) is 9.79 Å². The summed E-state index contributed by atoms with van der Waals surface area (Å²) >= 11 is 0. The maximum atomic E-state index is 12.0. The average Bonchev–Trinajstić information content (AvgIpc) is 2.71. The van der Waals surface area contributed by atoms with Gasteiger partial charge in [0.25, 0.3) is 20.2 Å². The normalized spacial score (nSPS) is 12.9. The van der Waals surface area contributed by atoms with Gasteiger partial charge in [-0.3, -0.25) is 9.11 Å². The average molecular weight is 515 g/mol. The second-order valence-electron chi connectivity index (χ2n) is 6.47. The van der Waals surface area contributed by atoms with Crippen LogP contribution in [-0.2, 0) is 30.1 Å². The monoisotopic (exact) mass is 514 g/mol. The van der Waals surface area contributed by atoms with Crippen LogP contribution < -0.4 is 0 Å². The van der Waals surface area contributed by atoms with Crippen molar-refractivity contribution in [3.05, 3.63) is 54.5 Å². The Morgan fingerprint density at radius 2 is 1.42 bits per heavy atom. The number of hydrogen-bond acceptors (Lipinski definition) is 10. The maximum absolute atomic E-state index is 12.0. The van der Waals surface area contributed by atoms with Crippen molar-refractivity contribution in [2.75, 3.05) is 0 Å². The Morgan fingerprint density at radius 1 is 0.788 bits per heavy atom. The third kappa shape index (κ3) is 4.86. The van der Waals surface area contributed by atoms with Crippen LogP contribution in [-0.4, -0.2) is 44.6 Å². The molecular weight excluding hydrogens is 500 g/mol. The maximum Gasteiger partial charge on any atom is 0.298 e. The minimum Gasteiger partial charge on any atom is -0.506 e. The first-order valence-electron chi connectivity index (χ1n) is 8.52. The lowest BCUT2D eigenvalue weighted by molar-refractivity contribution is 0.444. The summed E-state index contributed by atoms with van der Waals surface area (Å²) in [7, 11) is -13.6. The van der Waals surface area contributed by atoms with Crippen molar-refractivity contribution in [1.82, 2.24) is 0 Å². The van der Waals surface area contributed by atoms with Gasteiger partial charge in [-0.15, -0.1) is 10.2 Å². The summed E-state index contributed by atoms with van der Waals surface area (Å²) in [6.07, 6.45) is 0. The Balaban J connectivity index is 2.31. The first kappa shape index (κ1) is 24.3. The van der Waals surface area contributed by atoms with Crippen LogP contribution >= 0.6 is 0 Å². The minimum atomic E-state index is -5.02. The van der Waals surface area contributed by atoms with Crippen LogP contribution in [0.3, 0.4) is 0 Å². The van der Waals surface area contributed by atoms with Crippen LogP contribution in [0, 0.1) is 0 Å². The third-order valence-electron chi connectivity index (χ3n) is 4.35. The molecule has 0 aliphatic rings. The van der Waals surface area contributed by atoms with Crippen LogP contribution in [0.5, 0.6) is 11.5 Å².